The van der Waals surface area contributed by atoms with Crippen molar-refractivity contribution in [3.63, 3.8) is 0 Å². The van der Waals surface area contributed by atoms with E-state index in [2.05, 4.69) is 25.4 Å². The first-order valence-corrected chi connectivity index (χ1v) is 11.7. The normalized spacial score (nSPS) is 15.5. The Labute approximate surface area is 207 Å². The number of piperidine rings is 1. The molecule has 0 saturated carbocycles. The second kappa shape index (κ2) is 9.95. The summed E-state index contributed by atoms with van der Waals surface area (Å²) >= 11 is 0. The van der Waals surface area contributed by atoms with Crippen molar-refractivity contribution in [1.82, 2.24) is 19.7 Å². The molecule has 3 heterocycles. The number of nitrogens with one attached hydrogen (secondary N) is 1. The summed E-state index contributed by atoms with van der Waals surface area (Å²) in [6, 6.07) is 18.2. The van der Waals surface area contributed by atoms with Crippen LogP contribution in [0.25, 0.3) is 17.2 Å². The Morgan fingerprint density at radius 1 is 1.08 bits per heavy atom. The van der Waals surface area contributed by atoms with Crippen LogP contribution >= 0.6 is 0 Å². The molecule has 0 bridgehead atoms. The fourth-order valence-electron chi connectivity index (χ4n) is 4.44. The van der Waals surface area contributed by atoms with Gasteiger partial charge in [-0.2, -0.15) is 0 Å². The van der Waals surface area contributed by atoms with Crippen LogP contribution in [0.2, 0.25) is 0 Å². The number of carbonyl (C=O) groups excluding carboxylic acids is 1. The zero-order valence-corrected chi connectivity index (χ0v) is 19.7. The van der Waals surface area contributed by atoms with Crippen molar-refractivity contribution in [2.45, 2.75) is 19.8 Å². The number of nitro groups is 1. The summed E-state index contributed by atoms with van der Waals surface area (Å²) in [5, 5.41) is 22.8. The van der Waals surface area contributed by atoms with Gasteiger partial charge in [0.05, 0.1) is 10.8 Å². The lowest BCUT2D eigenvalue weighted by Gasteiger charge is -2.32. The molecule has 0 spiro atoms. The van der Waals surface area contributed by atoms with Gasteiger partial charge in [-0.25, -0.2) is 4.98 Å². The molecule has 182 valence electrons. The second-order valence-corrected chi connectivity index (χ2v) is 8.77. The van der Waals surface area contributed by atoms with E-state index in [0.29, 0.717) is 29.4 Å². The van der Waals surface area contributed by atoms with Gasteiger partial charge < -0.3 is 10.2 Å². The van der Waals surface area contributed by atoms with Crippen LogP contribution in [0.3, 0.4) is 0 Å². The van der Waals surface area contributed by atoms with Crippen molar-refractivity contribution in [3.05, 3.63) is 88.7 Å². The lowest BCUT2D eigenvalue weighted by atomic mass is 9.97. The monoisotopic (exact) mass is 483 g/mol. The Balaban J connectivity index is 1.27. The van der Waals surface area contributed by atoms with Crippen LogP contribution < -0.4 is 10.2 Å². The minimum absolute atomic E-state index is 0.00273. The molecular weight excluding hydrogens is 458 g/mol. The van der Waals surface area contributed by atoms with Gasteiger partial charge in [0, 0.05) is 48.9 Å². The number of rotatable bonds is 6. The molecule has 1 amide bonds. The summed E-state index contributed by atoms with van der Waals surface area (Å²) in [6.45, 7) is 3.05. The van der Waals surface area contributed by atoms with E-state index >= 15 is 0 Å². The molecule has 1 aliphatic rings. The van der Waals surface area contributed by atoms with E-state index in [-0.39, 0.29) is 17.5 Å². The fraction of sp³-hybridized carbons (Fsp3) is 0.231. The zero-order chi connectivity index (χ0) is 25.1. The number of aromatic nitrogens is 4. The van der Waals surface area contributed by atoms with Gasteiger partial charge >= 0.3 is 0 Å². The molecular formula is C26H25N7O3. The molecule has 10 heteroatoms. The van der Waals surface area contributed by atoms with Crippen molar-refractivity contribution in [2.24, 2.45) is 5.92 Å². The number of nitro benzene ring substituents is 1. The van der Waals surface area contributed by atoms with Crippen molar-refractivity contribution >= 4 is 23.1 Å². The van der Waals surface area contributed by atoms with Gasteiger partial charge in [-0.15, -0.1) is 10.2 Å². The average Bonchev–Trinajstić information content (AvgIpc) is 3.40. The highest BCUT2D eigenvalue weighted by atomic mass is 16.6. The number of nitrogens with zero attached hydrogens (tertiary/aromatic N) is 6. The predicted molar refractivity (Wildman–Crippen MR) is 136 cm³/mol. The topological polar surface area (TPSA) is 119 Å². The maximum Gasteiger partial charge on any atom is 0.269 e. The van der Waals surface area contributed by atoms with E-state index in [4.69, 9.17) is 0 Å². The van der Waals surface area contributed by atoms with Crippen molar-refractivity contribution in [2.75, 3.05) is 23.3 Å². The summed E-state index contributed by atoms with van der Waals surface area (Å²) in [5.74, 6) is 1.83. The minimum Gasteiger partial charge on any atom is -0.354 e. The molecule has 1 fully saturated rings. The Bertz CT molecular complexity index is 1390. The van der Waals surface area contributed by atoms with Crippen LogP contribution in [-0.2, 0) is 4.79 Å². The third kappa shape index (κ3) is 4.78. The quantitative estimate of drug-likeness (QED) is 0.319. The van der Waals surface area contributed by atoms with Crippen LogP contribution in [0, 0.1) is 23.0 Å². The number of benzene rings is 2. The van der Waals surface area contributed by atoms with Gasteiger partial charge in [0.1, 0.15) is 5.82 Å². The molecule has 1 N–H and O–H groups in total. The Morgan fingerprint density at radius 2 is 1.86 bits per heavy atom. The number of hydrogen-bond acceptors (Lipinski definition) is 7. The van der Waals surface area contributed by atoms with E-state index < -0.39 is 4.92 Å². The molecule has 1 unspecified atom stereocenters. The second-order valence-electron chi connectivity index (χ2n) is 8.77. The van der Waals surface area contributed by atoms with Gasteiger partial charge in [-0.05, 0) is 43.5 Å². The van der Waals surface area contributed by atoms with E-state index in [1.807, 2.05) is 53.2 Å². The van der Waals surface area contributed by atoms with Gasteiger partial charge in [0.2, 0.25) is 5.91 Å². The standard InChI is InChI=1S/C26H25N7O3/c1-18-16-21(33(35)36)9-10-22(18)28-26(34)20-8-5-14-31(17-20)23-11-12-24(30-29-23)32-15-13-27-25(32)19-6-3-2-4-7-19/h2-4,6-7,9-13,15-16,20H,5,8,14,17H2,1H3,(H,28,34). The number of anilines is 2. The third-order valence-corrected chi connectivity index (χ3v) is 6.35. The first kappa shape index (κ1) is 23.2. The molecule has 0 radical (unpaired) electrons. The first-order valence-electron chi connectivity index (χ1n) is 11.7. The molecule has 36 heavy (non-hydrogen) atoms. The lowest BCUT2D eigenvalue weighted by Crippen LogP contribution is -2.41. The Hall–Kier alpha value is -4.60. The predicted octanol–water partition coefficient (Wildman–Crippen LogP) is 4.40. The summed E-state index contributed by atoms with van der Waals surface area (Å²) in [6.07, 6.45) is 5.20. The van der Waals surface area contributed by atoms with Crippen molar-refractivity contribution in [3.8, 4) is 17.2 Å². The maximum atomic E-state index is 13.0. The van der Waals surface area contributed by atoms with E-state index in [1.165, 1.54) is 12.1 Å². The number of amides is 1. The van der Waals surface area contributed by atoms with Crippen LogP contribution in [-0.4, -0.2) is 43.7 Å². The molecule has 1 aliphatic heterocycles. The lowest BCUT2D eigenvalue weighted by molar-refractivity contribution is -0.384. The largest absolute Gasteiger partial charge is 0.354 e. The maximum absolute atomic E-state index is 13.0. The first-order chi connectivity index (χ1) is 17.5. The molecule has 4 aromatic rings. The number of carbonyl (C=O) groups is 1. The van der Waals surface area contributed by atoms with E-state index in [9.17, 15) is 14.9 Å². The highest BCUT2D eigenvalue weighted by Crippen LogP contribution is 2.26. The number of imidazole rings is 1. The van der Waals surface area contributed by atoms with Crippen molar-refractivity contribution < 1.29 is 9.72 Å². The molecule has 1 atom stereocenters. The summed E-state index contributed by atoms with van der Waals surface area (Å²) < 4.78 is 1.89. The number of non-ortho nitro benzene ring substituents is 1. The fourth-order valence-corrected chi connectivity index (χ4v) is 4.44. The third-order valence-electron chi connectivity index (χ3n) is 6.35. The van der Waals surface area contributed by atoms with Crippen LogP contribution in [0.4, 0.5) is 17.2 Å². The van der Waals surface area contributed by atoms with E-state index in [1.54, 1.807) is 19.2 Å². The molecule has 10 nitrogen and oxygen atoms in total. The summed E-state index contributed by atoms with van der Waals surface area (Å²) in [4.78, 5) is 30.0. The molecule has 2 aromatic carbocycles. The van der Waals surface area contributed by atoms with Crippen molar-refractivity contribution in [1.29, 1.82) is 0 Å². The van der Waals surface area contributed by atoms with Crippen LogP contribution in [0.15, 0.2) is 73.1 Å². The molecule has 2 aromatic heterocycles. The number of aryl methyl sites for hydroxylation is 1. The zero-order valence-electron chi connectivity index (χ0n) is 19.7. The van der Waals surface area contributed by atoms with Gasteiger partial charge in [-0.3, -0.25) is 19.5 Å². The highest BCUT2D eigenvalue weighted by molar-refractivity contribution is 5.93. The molecule has 0 aliphatic carbocycles. The smallest absolute Gasteiger partial charge is 0.269 e. The molecule has 1 saturated heterocycles. The highest BCUT2D eigenvalue weighted by Gasteiger charge is 2.27. The Morgan fingerprint density at radius 3 is 2.58 bits per heavy atom. The van der Waals surface area contributed by atoms with E-state index in [0.717, 1.165) is 30.8 Å². The summed E-state index contributed by atoms with van der Waals surface area (Å²) in [5.41, 5.74) is 2.23. The number of hydrogen-bond donors (Lipinski definition) is 1. The molecule has 5 rings (SSSR count). The van der Waals surface area contributed by atoms with Gasteiger partial charge in [0.15, 0.2) is 11.6 Å². The van der Waals surface area contributed by atoms with Crippen LogP contribution in [0.5, 0.6) is 0 Å². The van der Waals surface area contributed by atoms with Gasteiger partial charge in [-0.1, -0.05) is 30.3 Å². The summed E-state index contributed by atoms with van der Waals surface area (Å²) in [7, 11) is 0. The van der Waals surface area contributed by atoms with Gasteiger partial charge in [0.25, 0.3) is 5.69 Å². The average molecular weight is 484 g/mol. The minimum atomic E-state index is -0.445. The SMILES string of the molecule is Cc1cc([N+](=O)[O-])ccc1NC(=O)C1CCCN(c2ccc(-n3ccnc3-c3ccccc3)nn2)C1. The van der Waals surface area contributed by atoms with Crippen LogP contribution in [0.1, 0.15) is 18.4 Å². The Kier molecular flexibility index (Phi) is 6.40.